The molecule has 0 aliphatic carbocycles. The smallest absolute Gasteiger partial charge is 0.344 e. The molecule has 1 unspecified atom stereocenters. The fourth-order valence-corrected chi connectivity index (χ4v) is 2.99. The van der Waals surface area contributed by atoms with Crippen LogP contribution in [0.5, 0.6) is 0 Å². The van der Waals surface area contributed by atoms with Gasteiger partial charge in [0.25, 0.3) is 0 Å². The molecular weight excluding hydrogens is 238 g/mol. The van der Waals surface area contributed by atoms with Crippen LogP contribution in [-0.4, -0.2) is 30.5 Å². The van der Waals surface area contributed by atoms with Crippen LogP contribution in [0.3, 0.4) is 0 Å². The van der Waals surface area contributed by atoms with E-state index in [0.29, 0.717) is 11.5 Å². The second kappa shape index (κ2) is 4.91. The third-order valence-corrected chi connectivity index (χ3v) is 4.16. The largest absolute Gasteiger partial charge is 0.465 e. The first-order valence-corrected chi connectivity index (χ1v) is 6.53. The van der Waals surface area contributed by atoms with Crippen LogP contribution in [-0.2, 0) is 4.74 Å². The summed E-state index contributed by atoms with van der Waals surface area (Å²) >= 11 is 1.28. The summed E-state index contributed by atoms with van der Waals surface area (Å²) in [5.74, 6) is 0.576. The number of nitrogens with zero attached hydrogens (tertiary/aromatic N) is 2. The van der Waals surface area contributed by atoms with Gasteiger partial charge in [-0.05, 0) is 23.9 Å². The quantitative estimate of drug-likeness (QED) is 0.833. The molecule has 1 saturated heterocycles. The number of carbonyl (C=O) groups is 1. The zero-order chi connectivity index (χ0) is 12.4. The molecule has 2 N–H and O–H groups in total. The lowest BCUT2D eigenvalue weighted by Gasteiger charge is -2.16. The summed E-state index contributed by atoms with van der Waals surface area (Å²) in [6, 6.07) is 0. The van der Waals surface area contributed by atoms with Crippen molar-refractivity contribution in [2.45, 2.75) is 19.8 Å². The van der Waals surface area contributed by atoms with Crippen molar-refractivity contribution < 1.29 is 9.53 Å². The summed E-state index contributed by atoms with van der Waals surface area (Å²) in [5, 5.41) is 0.852. The SMILES string of the molecule is CCC1CCN(c2snc(N)c2C(=O)OC)C1. The molecule has 17 heavy (non-hydrogen) atoms. The molecule has 94 valence electrons. The van der Waals surface area contributed by atoms with Crippen molar-refractivity contribution in [2.24, 2.45) is 5.92 Å². The monoisotopic (exact) mass is 255 g/mol. The number of nitrogens with two attached hydrogens (primary N) is 1. The summed E-state index contributed by atoms with van der Waals surface area (Å²) in [7, 11) is 1.36. The molecule has 2 rings (SSSR count). The second-order valence-corrected chi connectivity index (χ2v) is 5.00. The molecule has 5 nitrogen and oxygen atoms in total. The Morgan fingerprint density at radius 2 is 2.47 bits per heavy atom. The normalized spacial score (nSPS) is 19.6. The summed E-state index contributed by atoms with van der Waals surface area (Å²) in [6.45, 7) is 4.13. The van der Waals surface area contributed by atoms with Crippen LogP contribution in [0.2, 0.25) is 0 Å². The minimum absolute atomic E-state index is 0.275. The third kappa shape index (κ3) is 2.22. The number of ether oxygens (including phenoxy) is 1. The molecule has 1 fully saturated rings. The maximum Gasteiger partial charge on any atom is 0.344 e. The summed E-state index contributed by atoms with van der Waals surface area (Å²) in [6.07, 6.45) is 2.33. The lowest BCUT2D eigenvalue weighted by molar-refractivity contribution is 0.0603. The topological polar surface area (TPSA) is 68.5 Å². The molecule has 0 spiro atoms. The molecule has 1 aliphatic heterocycles. The van der Waals surface area contributed by atoms with Gasteiger partial charge in [0.2, 0.25) is 0 Å². The Balaban J connectivity index is 2.24. The minimum atomic E-state index is -0.397. The van der Waals surface area contributed by atoms with Gasteiger partial charge in [0, 0.05) is 13.1 Å². The molecule has 1 aromatic rings. The van der Waals surface area contributed by atoms with Crippen molar-refractivity contribution in [3.8, 4) is 0 Å². The minimum Gasteiger partial charge on any atom is -0.465 e. The van der Waals surface area contributed by atoms with Crippen molar-refractivity contribution in [1.82, 2.24) is 4.37 Å². The van der Waals surface area contributed by atoms with E-state index in [0.717, 1.165) is 24.5 Å². The zero-order valence-electron chi connectivity index (χ0n) is 10.1. The Bertz CT molecular complexity index is 419. The summed E-state index contributed by atoms with van der Waals surface area (Å²) in [5.41, 5.74) is 6.15. The Morgan fingerprint density at radius 3 is 3.06 bits per heavy atom. The Hall–Kier alpha value is -1.30. The Morgan fingerprint density at radius 1 is 1.71 bits per heavy atom. The van der Waals surface area contributed by atoms with Gasteiger partial charge in [-0.3, -0.25) is 0 Å². The summed E-state index contributed by atoms with van der Waals surface area (Å²) < 4.78 is 8.81. The van der Waals surface area contributed by atoms with E-state index in [4.69, 9.17) is 10.5 Å². The predicted molar refractivity (Wildman–Crippen MR) is 68.5 cm³/mol. The van der Waals surface area contributed by atoms with Crippen molar-refractivity contribution in [2.75, 3.05) is 30.8 Å². The van der Waals surface area contributed by atoms with Crippen LogP contribution in [0.4, 0.5) is 10.8 Å². The lowest BCUT2D eigenvalue weighted by atomic mass is 10.1. The molecule has 6 heteroatoms. The number of esters is 1. The highest BCUT2D eigenvalue weighted by Crippen LogP contribution is 2.35. The molecule has 0 saturated carbocycles. The van der Waals surface area contributed by atoms with Gasteiger partial charge >= 0.3 is 5.97 Å². The van der Waals surface area contributed by atoms with E-state index in [2.05, 4.69) is 16.2 Å². The number of carbonyl (C=O) groups excluding carboxylic acids is 1. The number of methoxy groups -OCH3 is 1. The Kier molecular flexibility index (Phi) is 3.51. The van der Waals surface area contributed by atoms with Crippen LogP contribution in [0.1, 0.15) is 30.1 Å². The molecule has 0 radical (unpaired) electrons. The number of nitrogen functional groups attached to an aromatic ring is 1. The third-order valence-electron chi connectivity index (χ3n) is 3.24. The van der Waals surface area contributed by atoms with Crippen molar-refractivity contribution in [1.29, 1.82) is 0 Å². The number of hydrogen-bond acceptors (Lipinski definition) is 6. The highest BCUT2D eigenvalue weighted by molar-refractivity contribution is 7.11. The fraction of sp³-hybridized carbons (Fsp3) is 0.636. The van der Waals surface area contributed by atoms with Gasteiger partial charge in [0.1, 0.15) is 10.6 Å². The molecule has 0 aromatic carbocycles. The first-order chi connectivity index (χ1) is 8.17. The second-order valence-electron chi connectivity index (χ2n) is 4.25. The van der Waals surface area contributed by atoms with Crippen molar-refractivity contribution in [3.63, 3.8) is 0 Å². The van der Waals surface area contributed by atoms with E-state index in [1.807, 2.05) is 0 Å². The predicted octanol–water partition coefficient (Wildman–Crippen LogP) is 1.75. The van der Waals surface area contributed by atoms with Crippen LogP contribution in [0.15, 0.2) is 0 Å². The number of rotatable bonds is 3. The van der Waals surface area contributed by atoms with Crippen LogP contribution < -0.4 is 10.6 Å². The number of hydrogen-bond donors (Lipinski definition) is 1. The number of anilines is 2. The average molecular weight is 255 g/mol. The van der Waals surface area contributed by atoms with Crippen molar-refractivity contribution in [3.05, 3.63) is 5.56 Å². The van der Waals surface area contributed by atoms with Gasteiger partial charge < -0.3 is 15.4 Å². The van der Waals surface area contributed by atoms with E-state index < -0.39 is 5.97 Å². The van der Waals surface area contributed by atoms with E-state index in [9.17, 15) is 4.79 Å². The van der Waals surface area contributed by atoms with Crippen molar-refractivity contribution >= 4 is 28.3 Å². The fourth-order valence-electron chi connectivity index (χ4n) is 2.15. The first-order valence-electron chi connectivity index (χ1n) is 5.75. The summed E-state index contributed by atoms with van der Waals surface area (Å²) in [4.78, 5) is 13.9. The van der Waals surface area contributed by atoms with Crippen LogP contribution in [0.25, 0.3) is 0 Å². The molecule has 2 heterocycles. The molecule has 0 bridgehead atoms. The van der Waals surface area contributed by atoms with Crippen LogP contribution in [0, 0.1) is 5.92 Å². The zero-order valence-corrected chi connectivity index (χ0v) is 10.9. The molecule has 0 amide bonds. The molecule has 1 aromatic heterocycles. The van der Waals surface area contributed by atoms with Gasteiger partial charge in [-0.1, -0.05) is 13.3 Å². The highest BCUT2D eigenvalue weighted by Gasteiger charge is 2.28. The van der Waals surface area contributed by atoms with E-state index >= 15 is 0 Å². The first kappa shape index (κ1) is 12.2. The molecule has 1 aliphatic rings. The number of aromatic nitrogens is 1. The van der Waals surface area contributed by atoms with Gasteiger partial charge in [-0.2, -0.15) is 4.37 Å². The standard InChI is InChI=1S/C11H17N3O2S/c1-3-7-4-5-14(6-7)10-8(11(15)16-2)9(12)13-17-10/h7H,3-6H2,1-2H3,(H2,12,13). The van der Waals surface area contributed by atoms with E-state index in [1.54, 1.807) is 0 Å². The van der Waals surface area contributed by atoms with Gasteiger partial charge in [-0.25, -0.2) is 4.79 Å². The van der Waals surface area contributed by atoms with Gasteiger partial charge in [-0.15, -0.1) is 0 Å². The lowest BCUT2D eigenvalue weighted by Crippen LogP contribution is -2.21. The van der Waals surface area contributed by atoms with E-state index in [1.165, 1.54) is 25.1 Å². The molecular formula is C11H17N3O2S. The van der Waals surface area contributed by atoms with E-state index in [-0.39, 0.29) is 5.82 Å². The maximum atomic E-state index is 11.7. The molecule has 1 atom stereocenters. The van der Waals surface area contributed by atoms with Gasteiger partial charge in [0.05, 0.1) is 7.11 Å². The van der Waals surface area contributed by atoms with Gasteiger partial charge in [0.15, 0.2) is 5.82 Å². The average Bonchev–Trinajstić information content (AvgIpc) is 2.94. The maximum absolute atomic E-state index is 11.7. The van der Waals surface area contributed by atoms with Crippen LogP contribution >= 0.6 is 11.5 Å². The highest BCUT2D eigenvalue weighted by atomic mass is 32.1. The Labute approximate surface area is 105 Å².